The third kappa shape index (κ3) is 5.48. The van der Waals surface area contributed by atoms with Gasteiger partial charge < -0.3 is 10.1 Å². The molecule has 0 spiro atoms. The Morgan fingerprint density at radius 3 is 2.66 bits per heavy atom. The summed E-state index contributed by atoms with van der Waals surface area (Å²) in [7, 11) is 1.57. The first-order valence-corrected chi connectivity index (χ1v) is 9.99. The molecule has 150 valence electrons. The molecule has 6 nitrogen and oxygen atoms in total. The molecule has 3 amide bonds. The number of hydrogen-bond acceptors (Lipinski definition) is 5. The summed E-state index contributed by atoms with van der Waals surface area (Å²) in [5.41, 5.74) is 2.82. The number of carbonyl (C=O) groups excluding carboxylic acids is 3. The van der Waals surface area contributed by atoms with Crippen molar-refractivity contribution in [3.05, 3.63) is 70.1 Å². The quantitative estimate of drug-likeness (QED) is 0.708. The molecule has 0 unspecified atom stereocenters. The number of carbonyl (C=O) groups is 3. The van der Waals surface area contributed by atoms with Gasteiger partial charge in [0.1, 0.15) is 5.75 Å². The van der Waals surface area contributed by atoms with Crippen LogP contribution < -0.4 is 10.1 Å². The van der Waals surface area contributed by atoms with Gasteiger partial charge in [-0.1, -0.05) is 42.0 Å². The Balaban J connectivity index is 1.52. The van der Waals surface area contributed by atoms with Crippen molar-refractivity contribution >= 4 is 34.9 Å². The maximum atomic E-state index is 12.5. The summed E-state index contributed by atoms with van der Waals surface area (Å²) in [4.78, 5) is 38.4. The summed E-state index contributed by atoms with van der Waals surface area (Å²) in [6.07, 6.45) is 1.91. The van der Waals surface area contributed by atoms with E-state index in [2.05, 4.69) is 5.32 Å². The number of hydrogen-bond donors (Lipinski definition) is 1. The number of nitrogens with zero attached hydrogens (tertiary/aromatic N) is 1. The summed E-state index contributed by atoms with van der Waals surface area (Å²) in [5.74, 6) is 0.177. The minimum absolute atomic E-state index is 0.139. The van der Waals surface area contributed by atoms with E-state index >= 15 is 0 Å². The smallest absolute Gasteiger partial charge is 0.293 e. The van der Waals surface area contributed by atoms with Crippen LogP contribution in [0.3, 0.4) is 0 Å². The zero-order valence-corrected chi connectivity index (χ0v) is 17.1. The third-order valence-electron chi connectivity index (χ3n) is 4.41. The van der Waals surface area contributed by atoms with Crippen molar-refractivity contribution < 1.29 is 19.1 Å². The van der Waals surface area contributed by atoms with Gasteiger partial charge in [0.05, 0.1) is 18.4 Å². The molecule has 1 heterocycles. The average molecular weight is 410 g/mol. The van der Waals surface area contributed by atoms with Gasteiger partial charge in [0.15, 0.2) is 0 Å². The van der Waals surface area contributed by atoms with Crippen LogP contribution in [0.1, 0.15) is 16.7 Å². The van der Waals surface area contributed by atoms with Crippen LogP contribution in [0.5, 0.6) is 5.75 Å². The maximum absolute atomic E-state index is 12.5. The Morgan fingerprint density at radius 2 is 1.93 bits per heavy atom. The van der Waals surface area contributed by atoms with Crippen molar-refractivity contribution in [1.29, 1.82) is 0 Å². The lowest BCUT2D eigenvalue weighted by Gasteiger charge is -2.13. The van der Waals surface area contributed by atoms with E-state index < -0.39 is 0 Å². The van der Waals surface area contributed by atoms with Crippen molar-refractivity contribution in [2.45, 2.75) is 13.3 Å². The second-order valence-electron chi connectivity index (χ2n) is 6.62. The first kappa shape index (κ1) is 20.7. The van der Waals surface area contributed by atoms with Gasteiger partial charge in [-0.05, 0) is 48.0 Å². The number of aryl methyl sites for hydroxylation is 1. The van der Waals surface area contributed by atoms with Crippen LogP contribution in [0.2, 0.25) is 0 Å². The molecule has 7 heteroatoms. The van der Waals surface area contributed by atoms with E-state index in [1.165, 1.54) is 0 Å². The number of nitrogens with one attached hydrogen (secondary N) is 1. The fraction of sp³-hybridized carbons (Fsp3) is 0.227. The van der Waals surface area contributed by atoms with Crippen LogP contribution in [0.15, 0.2) is 53.4 Å². The van der Waals surface area contributed by atoms with E-state index in [4.69, 9.17) is 4.74 Å². The number of amides is 3. The maximum Gasteiger partial charge on any atom is 0.293 e. The Hall–Kier alpha value is -3.06. The number of benzene rings is 2. The van der Waals surface area contributed by atoms with Gasteiger partial charge in [0.2, 0.25) is 5.91 Å². The highest BCUT2D eigenvalue weighted by Crippen LogP contribution is 2.31. The van der Waals surface area contributed by atoms with Gasteiger partial charge in [-0.15, -0.1) is 0 Å². The molecule has 2 aromatic carbocycles. The van der Waals surface area contributed by atoms with Gasteiger partial charge in [0.25, 0.3) is 11.1 Å². The standard InChI is InChI=1S/C22H22N2O4S/c1-15-6-8-16(9-7-15)13-19-21(26)24(22(27)29-19)11-10-23-20(25)14-17-4-3-5-18(12-17)28-2/h3-9,12-13H,10-11,14H2,1-2H3,(H,23,25). The number of thioether (sulfide) groups is 1. The molecule has 0 saturated carbocycles. The second kappa shape index (κ2) is 9.43. The summed E-state index contributed by atoms with van der Waals surface area (Å²) in [6, 6.07) is 15.0. The highest BCUT2D eigenvalue weighted by Gasteiger charge is 2.34. The molecule has 1 saturated heterocycles. The predicted octanol–water partition coefficient (Wildman–Crippen LogP) is 3.40. The molecule has 0 aliphatic carbocycles. The summed E-state index contributed by atoms with van der Waals surface area (Å²) >= 11 is 0.918. The van der Waals surface area contributed by atoms with Crippen molar-refractivity contribution in [3.63, 3.8) is 0 Å². The minimum Gasteiger partial charge on any atom is -0.497 e. The number of ether oxygens (including phenoxy) is 1. The first-order valence-electron chi connectivity index (χ1n) is 9.18. The van der Waals surface area contributed by atoms with Crippen LogP contribution in [-0.2, 0) is 16.0 Å². The molecule has 2 aromatic rings. The molecule has 1 aliphatic heterocycles. The molecule has 0 aromatic heterocycles. The lowest BCUT2D eigenvalue weighted by atomic mass is 10.1. The average Bonchev–Trinajstić information content (AvgIpc) is 2.97. The first-order chi connectivity index (χ1) is 14.0. The Bertz CT molecular complexity index is 954. The van der Waals surface area contributed by atoms with Crippen molar-refractivity contribution in [2.75, 3.05) is 20.2 Å². The lowest BCUT2D eigenvalue weighted by molar-refractivity contribution is -0.124. The normalized spacial score (nSPS) is 15.1. The monoisotopic (exact) mass is 410 g/mol. The third-order valence-corrected chi connectivity index (χ3v) is 5.31. The highest BCUT2D eigenvalue weighted by molar-refractivity contribution is 8.18. The van der Waals surface area contributed by atoms with E-state index in [1.807, 2.05) is 49.4 Å². The Morgan fingerprint density at radius 1 is 1.17 bits per heavy atom. The van der Waals surface area contributed by atoms with Gasteiger partial charge in [0, 0.05) is 13.1 Å². The second-order valence-corrected chi connectivity index (χ2v) is 7.62. The molecule has 1 N–H and O–H groups in total. The molecule has 0 radical (unpaired) electrons. The van der Waals surface area contributed by atoms with E-state index in [0.29, 0.717) is 10.7 Å². The Labute approximate surface area is 173 Å². The van der Waals surface area contributed by atoms with Crippen LogP contribution in [0.4, 0.5) is 4.79 Å². The zero-order valence-electron chi connectivity index (χ0n) is 16.3. The topological polar surface area (TPSA) is 75.7 Å². The van der Waals surface area contributed by atoms with Gasteiger partial charge in [-0.3, -0.25) is 19.3 Å². The Kier molecular flexibility index (Phi) is 6.72. The van der Waals surface area contributed by atoms with Crippen LogP contribution >= 0.6 is 11.8 Å². The molecule has 3 rings (SSSR count). The largest absolute Gasteiger partial charge is 0.497 e. The van der Waals surface area contributed by atoms with Gasteiger partial charge in [-0.25, -0.2) is 0 Å². The fourth-order valence-corrected chi connectivity index (χ4v) is 3.71. The molecular formula is C22H22N2O4S. The molecule has 1 fully saturated rings. The van der Waals surface area contributed by atoms with Gasteiger partial charge in [-0.2, -0.15) is 0 Å². The number of rotatable bonds is 7. The van der Waals surface area contributed by atoms with Gasteiger partial charge >= 0.3 is 0 Å². The summed E-state index contributed by atoms with van der Waals surface area (Å²) in [6.45, 7) is 2.33. The molecule has 0 atom stereocenters. The molecule has 1 aliphatic rings. The minimum atomic E-state index is -0.331. The van der Waals surface area contributed by atoms with E-state index in [9.17, 15) is 14.4 Å². The highest BCUT2D eigenvalue weighted by atomic mass is 32.2. The van der Waals surface area contributed by atoms with Crippen molar-refractivity contribution in [3.8, 4) is 5.75 Å². The van der Waals surface area contributed by atoms with Crippen LogP contribution in [-0.4, -0.2) is 42.2 Å². The van der Waals surface area contributed by atoms with Crippen LogP contribution in [0.25, 0.3) is 6.08 Å². The van der Waals surface area contributed by atoms with Crippen LogP contribution in [0, 0.1) is 6.92 Å². The van der Waals surface area contributed by atoms with E-state index in [-0.39, 0.29) is 36.6 Å². The van der Waals surface area contributed by atoms with Crippen molar-refractivity contribution in [2.24, 2.45) is 0 Å². The number of imide groups is 1. The lowest BCUT2D eigenvalue weighted by Crippen LogP contribution is -2.37. The molecule has 0 bridgehead atoms. The molecule has 29 heavy (non-hydrogen) atoms. The predicted molar refractivity (Wildman–Crippen MR) is 114 cm³/mol. The summed E-state index contributed by atoms with van der Waals surface area (Å²) < 4.78 is 5.15. The molecular weight excluding hydrogens is 388 g/mol. The fourth-order valence-electron chi connectivity index (χ4n) is 2.84. The van der Waals surface area contributed by atoms with E-state index in [1.54, 1.807) is 19.3 Å². The SMILES string of the molecule is COc1cccc(CC(=O)NCCN2C(=O)SC(=Cc3ccc(C)cc3)C2=O)c1. The zero-order chi connectivity index (χ0) is 20.8. The number of methoxy groups -OCH3 is 1. The van der Waals surface area contributed by atoms with E-state index in [0.717, 1.165) is 33.4 Å². The summed E-state index contributed by atoms with van der Waals surface area (Å²) in [5, 5.41) is 2.43. The van der Waals surface area contributed by atoms with Crippen molar-refractivity contribution in [1.82, 2.24) is 10.2 Å².